The number of hydrogen-bond donors (Lipinski definition) is 3. The van der Waals surface area contributed by atoms with E-state index >= 15 is 0 Å². The number of nitrogens with one attached hydrogen (secondary N) is 2. The lowest BCUT2D eigenvalue weighted by Gasteiger charge is -2.24. The average molecular weight is 268 g/mol. The van der Waals surface area contributed by atoms with Crippen molar-refractivity contribution >= 4 is 12.0 Å². The molecule has 0 atom stereocenters. The van der Waals surface area contributed by atoms with E-state index in [4.69, 9.17) is 5.11 Å². The molecule has 2 amide bonds. The molecule has 0 saturated heterocycles. The Morgan fingerprint density at radius 2 is 2.11 bits per heavy atom. The third-order valence-corrected chi connectivity index (χ3v) is 3.16. The van der Waals surface area contributed by atoms with Gasteiger partial charge < -0.3 is 15.7 Å². The number of hydrogen-bond acceptors (Lipinski definition) is 2. The molecule has 19 heavy (non-hydrogen) atoms. The fourth-order valence-corrected chi connectivity index (χ4v) is 2.24. The highest BCUT2D eigenvalue weighted by atomic mass is 16.4. The summed E-state index contributed by atoms with van der Waals surface area (Å²) in [4.78, 5) is 22.3. The summed E-state index contributed by atoms with van der Waals surface area (Å²) < 4.78 is 0. The monoisotopic (exact) mass is 268 g/mol. The summed E-state index contributed by atoms with van der Waals surface area (Å²) >= 11 is 0. The van der Waals surface area contributed by atoms with E-state index < -0.39 is 11.5 Å². The maximum Gasteiger partial charge on any atom is 0.315 e. The summed E-state index contributed by atoms with van der Waals surface area (Å²) in [5, 5.41) is 14.2. The lowest BCUT2D eigenvalue weighted by Crippen LogP contribution is -2.49. The van der Waals surface area contributed by atoms with Crippen molar-refractivity contribution in [1.82, 2.24) is 10.6 Å². The molecule has 0 aromatic rings. The first-order chi connectivity index (χ1) is 8.89. The van der Waals surface area contributed by atoms with E-state index in [1.54, 1.807) is 13.8 Å². The van der Waals surface area contributed by atoms with E-state index in [2.05, 4.69) is 16.7 Å². The van der Waals surface area contributed by atoms with Gasteiger partial charge in [0.1, 0.15) is 0 Å². The van der Waals surface area contributed by atoms with Gasteiger partial charge in [-0.1, -0.05) is 11.6 Å². The van der Waals surface area contributed by atoms with Crippen LogP contribution in [0.3, 0.4) is 0 Å². The van der Waals surface area contributed by atoms with Gasteiger partial charge in [-0.05, 0) is 46.0 Å². The van der Waals surface area contributed by atoms with Crippen LogP contribution >= 0.6 is 0 Å². The Kier molecular flexibility index (Phi) is 5.86. The number of urea groups is 1. The summed E-state index contributed by atoms with van der Waals surface area (Å²) in [5.41, 5.74) is 0.677. The predicted molar refractivity (Wildman–Crippen MR) is 74.0 cm³/mol. The second kappa shape index (κ2) is 7.16. The molecule has 3 N–H and O–H groups in total. The van der Waals surface area contributed by atoms with Crippen molar-refractivity contribution in [3.05, 3.63) is 11.6 Å². The molecule has 0 aromatic heterocycles. The van der Waals surface area contributed by atoms with Crippen molar-refractivity contribution in [1.29, 1.82) is 0 Å². The van der Waals surface area contributed by atoms with Crippen LogP contribution in [0.25, 0.3) is 0 Å². The van der Waals surface area contributed by atoms with E-state index in [9.17, 15) is 9.59 Å². The molecule has 0 saturated carbocycles. The number of carboxylic acid groups (broad SMARTS) is 1. The fourth-order valence-electron chi connectivity index (χ4n) is 2.24. The second-order valence-electron chi connectivity index (χ2n) is 5.69. The summed E-state index contributed by atoms with van der Waals surface area (Å²) in [7, 11) is 0. The molecular weight excluding hydrogens is 244 g/mol. The van der Waals surface area contributed by atoms with E-state index in [1.165, 1.54) is 18.4 Å². The van der Waals surface area contributed by atoms with Crippen molar-refractivity contribution < 1.29 is 14.7 Å². The van der Waals surface area contributed by atoms with Crippen molar-refractivity contribution in [2.75, 3.05) is 6.54 Å². The smallest absolute Gasteiger partial charge is 0.315 e. The number of amides is 2. The highest BCUT2D eigenvalue weighted by Gasteiger charge is 2.23. The molecule has 1 rings (SSSR count). The topological polar surface area (TPSA) is 78.4 Å². The van der Waals surface area contributed by atoms with Gasteiger partial charge in [0.05, 0.1) is 6.42 Å². The fraction of sp³-hybridized carbons (Fsp3) is 0.714. The number of aliphatic carboxylic acids is 1. The zero-order valence-electron chi connectivity index (χ0n) is 11.8. The first kappa shape index (κ1) is 15.5. The molecule has 0 spiro atoms. The van der Waals surface area contributed by atoms with E-state index in [-0.39, 0.29) is 12.5 Å². The zero-order valence-corrected chi connectivity index (χ0v) is 11.8. The number of carbonyl (C=O) groups excluding carboxylic acids is 1. The predicted octanol–water partition coefficient (Wildman–Crippen LogP) is 2.43. The van der Waals surface area contributed by atoms with E-state index in [1.807, 2.05) is 0 Å². The van der Waals surface area contributed by atoms with Crippen LogP contribution in [0.15, 0.2) is 11.6 Å². The van der Waals surface area contributed by atoms with Gasteiger partial charge in [0, 0.05) is 12.1 Å². The first-order valence-electron chi connectivity index (χ1n) is 6.85. The normalized spacial score (nSPS) is 15.6. The summed E-state index contributed by atoms with van der Waals surface area (Å²) in [5.74, 6) is -0.919. The third-order valence-electron chi connectivity index (χ3n) is 3.16. The molecule has 5 heteroatoms. The number of rotatable bonds is 6. The standard InChI is InChI=1S/C14H24N2O3/c1-14(2,10-12(17)18)16-13(19)15-9-8-11-6-4-3-5-7-11/h6H,3-5,7-10H2,1-2H3,(H,17,18)(H2,15,16,19). The Hall–Kier alpha value is -1.52. The highest BCUT2D eigenvalue weighted by Crippen LogP contribution is 2.19. The number of carbonyl (C=O) groups is 2. The minimum Gasteiger partial charge on any atom is -0.481 e. The summed E-state index contributed by atoms with van der Waals surface area (Å²) in [6.45, 7) is 4.00. The molecule has 0 aromatic carbocycles. The van der Waals surface area contributed by atoms with Gasteiger partial charge in [-0.3, -0.25) is 4.79 Å². The van der Waals surface area contributed by atoms with Crippen molar-refractivity contribution in [3.8, 4) is 0 Å². The molecule has 0 heterocycles. The average Bonchev–Trinajstić information content (AvgIpc) is 2.27. The third kappa shape index (κ3) is 6.84. The van der Waals surface area contributed by atoms with Crippen LogP contribution in [0, 0.1) is 0 Å². The van der Waals surface area contributed by atoms with Crippen LogP contribution in [0.1, 0.15) is 52.4 Å². The summed E-state index contributed by atoms with van der Waals surface area (Å²) in [6, 6.07) is -0.303. The van der Waals surface area contributed by atoms with Gasteiger partial charge in [0.25, 0.3) is 0 Å². The van der Waals surface area contributed by atoms with Gasteiger partial charge in [0.15, 0.2) is 0 Å². The van der Waals surface area contributed by atoms with E-state index in [0.29, 0.717) is 6.54 Å². The van der Waals surface area contributed by atoms with Gasteiger partial charge in [-0.25, -0.2) is 4.79 Å². The zero-order chi connectivity index (χ0) is 14.3. The van der Waals surface area contributed by atoms with Crippen molar-refractivity contribution in [3.63, 3.8) is 0 Å². The van der Waals surface area contributed by atoms with Crippen LogP contribution in [0.4, 0.5) is 4.79 Å². The molecule has 0 unspecified atom stereocenters. The molecule has 1 aliphatic carbocycles. The molecule has 0 fully saturated rings. The second-order valence-corrected chi connectivity index (χ2v) is 5.69. The van der Waals surface area contributed by atoms with Gasteiger partial charge in [-0.15, -0.1) is 0 Å². The molecule has 5 nitrogen and oxygen atoms in total. The molecule has 1 aliphatic rings. The lowest BCUT2D eigenvalue weighted by atomic mass is 9.97. The largest absolute Gasteiger partial charge is 0.481 e. The van der Waals surface area contributed by atoms with Crippen molar-refractivity contribution in [2.24, 2.45) is 0 Å². The molecule has 108 valence electrons. The van der Waals surface area contributed by atoms with Gasteiger partial charge in [0.2, 0.25) is 0 Å². The maximum atomic E-state index is 11.6. The Bertz CT molecular complexity index is 362. The van der Waals surface area contributed by atoms with Crippen LogP contribution in [-0.4, -0.2) is 29.2 Å². The Balaban J connectivity index is 2.23. The molecule has 0 bridgehead atoms. The van der Waals surface area contributed by atoms with Crippen LogP contribution < -0.4 is 10.6 Å². The van der Waals surface area contributed by atoms with Crippen LogP contribution in [0.5, 0.6) is 0 Å². The first-order valence-corrected chi connectivity index (χ1v) is 6.85. The van der Waals surface area contributed by atoms with Crippen molar-refractivity contribution in [2.45, 2.75) is 57.9 Å². The van der Waals surface area contributed by atoms with Gasteiger partial charge in [-0.2, -0.15) is 0 Å². The number of allylic oxidation sites excluding steroid dienone is 1. The Labute approximate surface area is 114 Å². The minimum absolute atomic E-state index is 0.0917. The minimum atomic E-state index is -0.919. The quantitative estimate of drug-likeness (QED) is 0.647. The number of carboxylic acids is 1. The molecule has 0 radical (unpaired) electrons. The van der Waals surface area contributed by atoms with Gasteiger partial charge >= 0.3 is 12.0 Å². The van der Waals surface area contributed by atoms with Crippen LogP contribution in [-0.2, 0) is 4.79 Å². The Morgan fingerprint density at radius 1 is 1.37 bits per heavy atom. The Morgan fingerprint density at radius 3 is 2.68 bits per heavy atom. The van der Waals surface area contributed by atoms with Crippen LogP contribution in [0.2, 0.25) is 0 Å². The lowest BCUT2D eigenvalue weighted by molar-refractivity contribution is -0.138. The maximum absolute atomic E-state index is 11.6. The summed E-state index contributed by atoms with van der Waals surface area (Å²) in [6.07, 6.45) is 7.83. The molecule has 0 aliphatic heterocycles. The molecular formula is C14H24N2O3. The SMILES string of the molecule is CC(C)(CC(=O)O)NC(=O)NCCC1=CCCCC1. The van der Waals surface area contributed by atoms with E-state index in [0.717, 1.165) is 19.3 Å². The highest BCUT2D eigenvalue weighted by molar-refractivity contribution is 5.76.